The first kappa shape index (κ1) is 17.7. The molecule has 0 aliphatic carbocycles. The van der Waals surface area contributed by atoms with Crippen molar-refractivity contribution in [3.63, 3.8) is 0 Å². The van der Waals surface area contributed by atoms with Gasteiger partial charge in [-0.3, -0.25) is 9.78 Å². The van der Waals surface area contributed by atoms with Crippen LogP contribution >= 0.6 is 38.5 Å². The van der Waals surface area contributed by atoms with E-state index in [0.717, 1.165) is 0 Å². The summed E-state index contributed by atoms with van der Waals surface area (Å²) in [5.41, 5.74) is 3.52. The van der Waals surface area contributed by atoms with E-state index in [-0.39, 0.29) is 11.7 Å². The minimum Gasteiger partial charge on any atom is -0.504 e. The number of benzene rings is 1. The lowest BCUT2D eigenvalue weighted by Crippen LogP contribution is -2.17. The highest BCUT2D eigenvalue weighted by Crippen LogP contribution is 2.32. The Morgan fingerprint density at radius 3 is 2.96 bits per heavy atom. The number of hydrogen-bond donors (Lipinski definition) is 2. The Morgan fingerprint density at radius 1 is 1.48 bits per heavy atom. The molecule has 1 heterocycles. The van der Waals surface area contributed by atoms with E-state index in [9.17, 15) is 9.90 Å². The van der Waals surface area contributed by atoms with Crippen LogP contribution in [0.5, 0.6) is 11.5 Å². The molecule has 120 valence electrons. The van der Waals surface area contributed by atoms with Crippen LogP contribution in [0.25, 0.3) is 0 Å². The molecule has 1 amide bonds. The Labute approximate surface area is 155 Å². The molecule has 0 spiro atoms. The third-order valence-electron chi connectivity index (χ3n) is 2.70. The largest absolute Gasteiger partial charge is 0.504 e. The van der Waals surface area contributed by atoms with E-state index in [0.29, 0.717) is 31.5 Å². The van der Waals surface area contributed by atoms with E-state index in [1.807, 2.05) is 29.5 Å². The van der Waals surface area contributed by atoms with Crippen LogP contribution in [0.1, 0.15) is 22.8 Å². The van der Waals surface area contributed by atoms with Gasteiger partial charge in [0.25, 0.3) is 5.91 Å². The van der Waals surface area contributed by atoms with Crippen LogP contribution in [-0.2, 0) is 0 Å². The summed E-state index contributed by atoms with van der Waals surface area (Å²) in [5, 5.41) is 13.8. The van der Waals surface area contributed by atoms with Crippen LogP contribution in [-0.4, -0.2) is 28.8 Å². The Balaban J connectivity index is 2.10. The molecule has 6 nitrogen and oxygen atoms in total. The number of ether oxygens (including phenoxy) is 1. The molecular formula is C15H13BrIN3O3. The van der Waals surface area contributed by atoms with Gasteiger partial charge < -0.3 is 9.84 Å². The van der Waals surface area contributed by atoms with Crippen molar-refractivity contribution >= 4 is 50.6 Å². The first-order valence-electron chi connectivity index (χ1n) is 6.60. The summed E-state index contributed by atoms with van der Waals surface area (Å²) in [6.45, 7) is 2.27. The molecular weight excluding hydrogens is 477 g/mol. The number of hydrazone groups is 1. The second kappa shape index (κ2) is 8.25. The number of pyridine rings is 1. The predicted octanol–water partition coefficient (Wildman–Crippen LogP) is 3.32. The fourth-order valence-electron chi connectivity index (χ4n) is 1.70. The third kappa shape index (κ3) is 4.90. The van der Waals surface area contributed by atoms with E-state index in [2.05, 4.69) is 31.4 Å². The third-order valence-corrected chi connectivity index (χ3v) is 3.95. The van der Waals surface area contributed by atoms with Crippen molar-refractivity contribution in [2.24, 2.45) is 5.10 Å². The number of phenols is 1. The molecule has 23 heavy (non-hydrogen) atoms. The number of aromatic nitrogens is 1. The molecule has 0 atom stereocenters. The fourth-order valence-corrected chi connectivity index (χ4v) is 2.69. The summed E-state index contributed by atoms with van der Waals surface area (Å²) in [6, 6.07) is 5.03. The van der Waals surface area contributed by atoms with Crippen molar-refractivity contribution in [2.45, 2.75) is 6.92 Å². The Morgan fingerprint density at radius 2 is 2.26 bits per heavy atom. The zero-order chi connectivity index (χ0) is 16.8. The van der Waals surface area contributed by atoms with Gasteiger partial charge in [-0.25, -0.2) is 5.43 Å². The highest BCUT2D eigenvalue weighted by atomic mass is 127. The molecule has 1 aromatic carbocycles. The monoisotopic (exact) mass is 489 g/mol. The standard InChI is InChI=1S/C15H13BrIN3O3/c1-2-23-13-4-9(3-12(17)14(13)21)6-19-20-15(22)10-5-11(16)8-18-7-10/h3-8,21H,2H2,1H3,(H,20,22)/b19-6+. The molecule has 2 rings (SSSR count). The van der Waals surface area contributed by atoms with Gasteiger partial charge in [-0.2, -0.15) is 5.10 Å². The highest BCUT2D eigenvalue weighted by molar-refractivity contribution is 14.1. The molecule has 0 aliphatic rings. The number of carbonyl (C=O) groups excluding carboxylic acids is 1. The van der Waals surface area contributed by atoms with Crippen molar-refractivity contribution in [2.75, 3.05) is 6.61 Å². The maximum atomic E-state index is 11.9. The average molecular weight is 490 g/mol. The van der Waals surface area contributed by atoms with Crippen LogP contribution in [0.3, 0.4) is 0 Å². The Kier molecular flexibility index (Phi) is 6.34. The van der Waals surface area contributed by atoms with Gasteiger partial charge in [-0.05, 0) is 69.2 Å². The smallest absolute Gasteiger partial charge is 0.272 e. The highest BCUT2D eigenvalue weighted by Gasteiger charge is 2.09. The molecule has 8 heteroatoms. The van der Waals surface area contributed by atoms with E-state index < -0.39 is 0 Å². The molecule has 0 saturated heterocycles. The SMILES string of the molecule is CCOc1cc(/C=N/NC(=O)c2cncc(Br)c2)cc(I)c1O. The number of halogens is 2. The molecule has 0 saturated carbocycles. The first-order valence-corrected chi connectivity index (χ1v) is 8.47. The maximum absolute atomic E-state index is 11.9. The summed E-state index contributed by atoms with van der Waals surface area (Å²) in [7, 11) is 0. The lowest BCUT2D eigenvalue weighted by molar-refractivity contribution is 0.0954. The topological polar surface area (TPSA) is 83.8 Å². The summed E-state index contributed by atoms with van der Waals surface area (Å²) in [5.74, 6) is 0.103. The normalized spacial score (nSPS) is 10.7. The molecule has 0 bridgehead atoms. The molecule has 1 aromatic heterocycles. The molecule has 2 N–H and O–H groups in total. The minimum absolute atomic E-state index is 0.0915. The molecule has 0 radical (unpaired) electrons. The summed E-state index contributed by atoms with van der Waals surface area (Å²) >= 11 is 5.25. The Bertz CT molecular complexity index is 753. The summed E-state index contributed by atoms with van der Waals surface area (Å²) in [4.78, 5) is 15.8. The van der Waals surface area contributed by atoms with E-state index in [1.54, 1.807) is 24.4 Å². The van der Waals surface area contributed by atoms with Crippen LogP contribution in [0.2, 0.25) is 0 Å². The number of rotatable bonds is 5. The second-order valence-corrected chi connectivity index (χ2v) is 6.45. The van der Waals surface area contributed by atoms with Gasteiger partial charge in [0.15, 0.2) is 11.5 Å². The average Bonchev–Trinajstić information content (AvgIpc) is 2.52. The Hall–Kier alpha value is -1.68. The van der Waals surface area contributed by atoms with Crippen molar-refractivity contribution < 1.29 is 14.6 Å². The molecule has 0 aliphatic heterocycles. The minimum atomic E-state index is -0.367. The number of nitrogens with one attached hydrogen (secondary N) is 1. The van der Waals surface area contributed by atoms with Crippen molar-refractivity contribution in [3.8, 4) is 11.5 Å². The van der Waals surface area contributed by atoms with Gasteiger partial charge in [-0.1, -0.05) is 0 Å². The number of nitrogens with zero attached hydrogens (tertiary/aromatic N) is 2. The fraction of sp³-hybridized carbons (Fsp3) is 0.133. The van der Waals surface area contributed by atoms with Gasteiger partial charge in [0.05, 0.1) is 22.0 Å². The number of carbonyl (C=O) groups is 1. The zero-order valence-corrected chi connectivity index (χ0v) is 15.8. The van der Waals surface area contributed by atoms with Crippen molar-refractivity contribution in [1.82, 2.24) is 10.4 Å². The molecule has 2 aromatic rings. The number of phenolic OH excluding ortho intramolecular Hbond substituents is 1. The van der Waals surface area contributed by atoms with Crippen LogP contribution in [0, 0.1) is 3.57 Å². The summed E-state index contributed by atoms with van der Waals surface area (Å²) < 4.78 is 6.70. The first-order chi connectivity index (χ1) is 11.0. The molecule has 0 unspecified atom stereocenters. The predicted molar refractivity (Wildman–Crippen MR) is 99.0 cm³/mol. The van der Waals surface area contributed by atoms with Gasteiger partial charge in [0.2, 0.25) is 0 Å². The van der Waals surface area contributed by atoms with Crippen LogP contribution < -0.4 is 10.2 Å². The van der Waals surface area contributed by atoms with E-state index in [1.165, 1.54) is 12.4 Å². The zero-order valence-electron chi connectivity index (χ0n) is 12.1. The van der Waals surface area contributed by atoms with Gasteiger partial charge in [-0.15, -0.1) is 0 Å². The van der Waals surface area contributed by atoms with E-state index in [4.69, 9.17) is 4.74 Å². The van der Waals surface area contributed by atoms with E-state index >= 15 is 0 Å². The van der Waals surface area contributed by atoms with Gasteiger partial charge in [0.1, 0.15) is 0 Å². The van der Waals surface area contributed by atoms with Gasteiger partial charge in [0, 0.05) is 16.9 Å². The van der Waals surface area contributed by atoms with Crippen LogP contribution in [0.15, 0.2) is 40.2 Å². The lowest BCUT2D eigenvalue weighted by Gasteiger charge is -2.08. The second-order valence-electron chi connectivity index (χ2n) is 4.37. The van der Waals surface area contributed by atoms with Crippen molar-refractivity contribution in [1.29, 1.82) is 0 Å². The lowest BCUT2D eigenvalue weighted by atomic mass is 10.2. The summed E-state index contributed by atoms with van der Waals surface area (Å²) in [6.07, 6.45) is 4.52. The number of hydrogen-bond acceptors (Lipinski definition) is 5. The number of amides is 1. The van der Waals surface area contributed by atoms with Crippen LogP contribution in [0.4, 0.5) is 0 Å². The molecule has 0 fully saturated rings. The number of aromatic hydroxyl groups is 1. The van der Waals surface area contributed by atoms with Gasteiger partial charge >= 0.3 is 0 Å². The quantitative estimate of drug-likeness (QED) is 0.383. The maximum Gasteiger partial charge on any atom is 0.272 e. The van der Waals surface area contributed by atoms with Crippen molar-refractivity contribution in [3.05, 3.63) is 49.8 Å².